The van der Waals surface area contributed by atoms with Gasteiger partial charge in [0.05, 0.1) is 19.5 Å². The lowest BCUT2D eigenvalue weighted by Crippen LogP contribution is -2.46. The maximum absolute atomic E-state index is 12.7. The highest BCUT2D eigenvalue weighted by Gasteiger charge is 2.50. The van der Waals surface area contributed by atoms with Gasteiger partial charge in [-0.3, -0.25) is 32.5 Å². The molecule has 0 bridgehead atoms. The zero-order valence-corrected chi connectivity index (χ0v) is 37.1. The first kappa shape index (κ1) is 52.4. The maximum atomic E-state index is 12.7. The fourth-order valence-corrected chi connectivity index (χ4v) is 8.94. The topological polar surface area (TPSA) is 364 Å². The van der Waals surface area contributed by atoms with Crippen LogP contribution in [-0.2, 0) is 50.7 Å². The number of thioether (sulfide) groups is 1. The molecule has 61 heavy (non-hydrogen) atoms. The highest BCUT2D eigenvalue weighted by Crippen LogP contribution is 2.61. The largest absolute Gasteiger partial charge is 0.481 e. The summed E-state index contributed by atoms with van der Waals surface area (Å²) in [6, 6.07) is 0. The van der Waals surface area contributed by atoms with Gasteiger partial charge in [-0.05, 0) is 12.8 Å². The van der Waals surface area contributed by atoms with Crippen LogP contribution < -0.4 is 16.4 Å². The summed E-state index contributed by atoms with van der Waals surface area (Å²) in [5.74, 6) is -1.11. The van der Waals surface area contributed by atoms with Gasteiger partial charge in [0.25, 0.3) is 0 Å². The SMILES string of the molecule is CCCCCC/C=C/C=C\CC(=O)SCCNC(=O)CCNC(=O)[C@H](O)C(C)(C)COP(=O)(O)OP(=O)(O)OC[C@H]1O[C@@H](n2cnc3c(N)ncnc32)[C@H](O)[C@@H]1OP(=O)(O)O. The molecule has 344 valence electrons. The van der Waals surface area contributed by atoms with Gasteiger partial charge >= 0.3 is 23.5 Å². The van der Waals surface area contributed by atoms with E-state index in [0.29, 0.717) is 5.75 Å². The minimum Gasteiger partial charge on any atom is -0.386 e. The van der Waals surface area contributed by atoms with E-state index >= 15 is 0 Å². The number of nitrogen functional groups attached to an aromatic ring is 1. The van der Waals surface area contributed by atoms with Crippen molar-refractivity contribution in [1.82, 2.24) is 30.2 Å². The van der Waals surface area contributed by atoms with Crippen molar-refractivity contribution in [2.45, 2.75) is 96.4 Å². The van der Waals surface area contributed by atoms with Gasteiger partial charge < -0.3 is 50.9 Å². The summed E-state index contributed by atoms with van der Waals surface area (Å²) in [6.07, 6.45) is 6.66. The summed E-state index contributed by atoms with van der Waals surface area (Å²) in [4.78, 5) is 87.9. The predicted octanol–water partition coefficient (Wildman–Crippen LogP) is 2.14. The fourth-order valence-electron chi connectivity index (χ4n) is 5.46. The molecule has 7 atom stereocenters. The highest BCUT2D eigenvalue weighted by atomic mass is 32.2. The molecule has 3 heterocycles. The molecule has 3 rings (SSSR count). The number of rotatable bonds is 27. The van der Waals surface area contributed by atoms with Crippen LogP contribution in [0.1, 0.15) is 71.9 Å². The number of ether oxygens (including phenoxy) is 1. The van der Waals surface area contributed by atoms with Crippen molar-refractivity contribution in [3.05, 3.63) is 37.0 Å². The van der Waals surface area contributed by atoms with Gasteiger partial charge in [0.2, 0.25) is 11.8 Å². The Bertz CT molecular complexity index is 1980. The summed E-state index contributed by atoms with van der Waals surface area (Å²) in [6.45, 7) is 2.65. The van der Waals surface area contributed by atoms with Crippen LogP contribution >= 0.6 is 35.2 Å². The number of anilines is 1. The van der Waals surface area contributed by atoms with Crippen LogP contribution in [0.4, 0.5) is 5.82 Å². The lowest BCUT2D eigenvalue weighted by atomic mass is 9.87. The van der Waals surface area contributed by atoms with Crippen molar-refractivity contribution in [3.8, 4) is 0 Å². The molecule has 2 aromatic rings. The molecule has 1 aliphatic rings. The van der Waals surface area contributed by atoms with Crippen molar-refractivity contribution in [2.75, 3.05) is 37.8 Å². The number of amides is 2. The molecule has 2 unspecified atom stereocenters. The minimum absolute atomic E-state index is 0.0306. The summed E-state index contributed by atoms with van der Waals surface area (Å²) in [7, 11) is -16.4. The number of allylic oxidation sites excluding steroid dienone is 4. The molecule has 0 saturated carbocycles. The van der Waals surface area contributed by atoms with Gasteiger partial charge in [0, 0.05) is 37.1 Å². The smallest absolute Gasteiger partial charge is 0.386 e. The lowest BCUT2D eigenvalue weighted by Gasteiger charge is -2.30. The molecule has 2 aromatic heterocycles. The number of hydrogen-bond acceptors (Lipinski definition) is 18. The average Bonchev–Trinajstić information content (AvgIpc) is 3.73. The molecule has 1 saturated heterocycles. The van der Waals surface area contributed by atoms with E-state index in [1.165, 1.54) is 33.1 Å². The van der Waals surface area contributed by atoms with Crippen LogP contribution in [0.25, 0.3) is 11.2 Å². The molecular weight excluding hydrogens is 891 g/mol. The van der Waals surface area contributed by atoms with Gasteiger partial charge in [-0.25, -0.2) is 28.6 Å². The first-order valence-corrected chi connectivity index (χ1v) is 24.4. The fraction of sp³-hybridized carbons (Fsp3) is 0.636. The highest BCUT2D eigenvalue weighted by molar-refractivity contribution is 8.13. The summed E-state index contributed by atoms with van der Waals surface area (Å²) >= 11 is 1.07. The molecule has 0 aromatic carbocycles. The van der Waals surface area contributed by atoms with Crippen molar-refractivity contribution in [2.24, 2.45) is 5.41 Å². The van der Waals surface area contributed by atoms with E-state index in [0.717, 1.165) is 41.8 Å². The normalized spacial score (nSPS) is 21.1. The Morgan fingerprint density at radius 2 is 1.72 bits per heavy atom. The van der Waals surface area contributed by atoms with E-state index in [1.54, 1.807) is 6.08 Å². The zero-order valence-electron chi connectivity index (χ0n) is 33.6. The molecule has 0 aliphatic carbocycles. The number of aliphatic hydroxyl groups excluding tert-OH is 2. The maximum Gasteiger partial charge on any atom is 0.481 e. The van der Waals surface area contributed by atoms with Crippen LogP contribution in [0, 0.1) is 5.41 Å². The number of imidazole rings is 1. The number of phosphoric ester groups is 3. The third-order valence-electron chi connectivity index (χ3n) is 8.66. The monoisotopic (exact) mass is 945 g/mol. The number of nitrogens with one attached hydrogen (secondary N) is 2. The van der Waals surface area contributed by atoms with Crippen molar-refractivity contribution >= 4 is 69.1 Å². The number of phosphoric acid groups is 3. The Kier molecular flexibility index (Phi) is 20.8. The van der Waals surface area contributed by atoms with Crippen LogP contribution in [0.3, 0.4) is 0 Å². The van der Waals surface area contributed by atoms with E-state index in [4.69, 9.17) is 19.5 Å². The molecule has 1 fully saturated rings. The van der Waals surface area contributed by atoms with Gasteiger partial charge in [-0.1, -0.05) is 76.1 Å². The Labute approximate surface area is 355 Å². The van der Waals surface area contributed by atoms with Crippen molar-refractivity contribution in [3.63, 3.8) is 0 Å². The van der Waals surface area contributed by atoms with Crippen LogP contribution in [0.15, 0.2) is 37.0 Å². The van der Waals surface area contributed by atoms with E-state index in [9.17, 15) is 57.9 Å². The third kappa shape index (κ3) is 18.0. The van der Waals surface area contributed by atoms with Crippen molar-refractivity contribution in [1.29, 1.82) is 0 Å². The average molecular weight is 946 g/mol. The number of unbranched alkanes of at least 4 members (excludes halogenated alkanes) is 4. The van der Waals surface area contributed by atoms with Crippen LogP contribution in [-0.4, -0.2) is 123 Å². The van der Waals surface area contributed by atoms with Gasteiger partial charge in [0.1, 0.15) is 36.3 Å². The number of aromatic nitrogens is 4. The molecule has 1 aliphatic heterocycles. The first-order valence-electron chi connectivity index (χ1n) is 18.9. The van der Waals surface area contributed by atoms with Gasteiger partial charge in [-0.2, -0.15) is 4.31 Å². The molecular formula is C33H54N7O17P3S. The Balaban J connectivity index is 1.41. The quantitative estimate of drug-likeness (QED) is 0.0352. The van der Waals surface area contributed by atoms with Crippen molar-refractivity contribution < 1.29 is 80.5 Å². The standard InChI is InChI=1S/C33H54N7O17P3S/c1-4-5-6-7-8-9-10-11-12-13-24(42)61-17-16-35-23(41)14-15-36-31(45)28(44)33(2,3)19-54-60(51,52)57-59(49,50)53-18-22-27(56-58(46,47)48)26(43)32(55-22)40-21-39-25-29(34)37-20-38-30(25)40/h9-12,20-22,26-28,32,43-44H,4-8,13-19H2,1-3H3,(H,35,41)(H,36,45)(H,49,50)(H,51,52)(H2,34,37,38)(H2,46,47,48)/b10-9+,12-11-/t22-,26-,27-,28+,32-/m1/s1. The number of nitrogens with zero attached hydrogens (tertiary/aromatic N) is 4. The number of fused-ring (bicyclic) bond motifs is 1. The zero-order chi connectivity index (χ0) is 45.4. The number of carbonyl (C=O) groups is 3. The molecule has 10 N–H and O–H groups in total. The minimum atomic E-state index is -5.57. The van der Waals surface area contributed by atoms with Crippen LogP contribution in [0.5, 0.6) is 0 Å². The second-order valence-corrected chi connectivity index (χ2v) is 19.6. The molecule has 0 spiro atoms. The number of carbonyl (C=O) groups excluding carboxylic acids is 3. The van der Waals surface area contributed by atoms with E-state index < -0.39 is 84.6 Å². The Hall–Kier alpha value is -2.96. The third-order valence-corrected chi connectivity index (χ3v) is 12.7. The molecule has 28 heteroatoms. The van der Waals surface area contributed by atoms with E-state index in [-0.39, 0.29) is 48.0 Å². The second-order valence-electron chi connectivity index (χ2n) is 14.2. The summed E-state index contributed by atoms with van der Waals surface area (Å²) < 4.78 is 62.2. The number of hydrogen-bond donors (Lipinski definition) is 9. The van der Waals surface area contributed by atoms with E-state index in [1.807, 2.05) is 12.2 Å². The van der Waals surface area contributed by atoms with Crippen LogP contribution in [0.2, 0.25) is 0 Å². The molecule has 24 nitrogen and oxygen atoms in total. The Morgan fingerprint density at radius 3 is 2.43 bits per heavy atom. The van der Waals surface area contributed by atoms with Gasteiger partial charge in [-0.15, -0.1) is 0 Å². The first-order chi connectivity index (χ1) is 28.6. The molecule has 2 amide bonds. The molecule has 0 radical (unpaired) electrons. The van der Waals surface area contributed by atoms with Gasteiger partial charge in [0.15, 0.2) is 22.8 Å². The summed E-state index contributed by atoms with van der Waals surface area (Å²) in [5, 5.41) is 26.4. The Morgan fingerprint density at radius 1 is 1.02 bits per heavy atom. The number of aliphatic hydroxyl groups is 2. The predicted molar refractivity (Wildman–Crippen MR) is 219 cm³/mol. The lowest BCUT2D eigenvalue weighted by molar-refractivity contribution is -0.137. The summed E-state index contributed by atoms with van der Waals surface area (Å²) in [5.41, 5.74) is 4.27. The number of nitrogens with two attached hydrogens (primary N) is 1. The van der Waals surface area contributed by atoms with E-state index in [2.05, 4.69) is 47.4 Å². The second kappa shape index (κ2) is 24.2.